The van der Waals surface area contributed by atoms with Gasteiger partial charge in [-0.15, -0.1) is 0 Å². The number of ketones is 1. The van der Waals surface area contributed by atoms with Gasteiger partial charge in [-0.3, -0.25) is 19.9 Å². The molecule has 2 atom stereocenters. The number of aliphatic hydroxyl groups is 1. The molecule has 0 bridgehead atoms. The highest BCUT2D eigenvalue weighted by atomic mass is 16.6. The van der Waals surface area contributed by atoms with Crippen molar-refractivity contribution in [1.82, 2.24) is 15.1 Å². The molecule has 3 fully saturated rings. The van der Waals surface area contributed by atoms with Crippen LogP contribution in [0, 0.1) is 0 Å². The fourth-order valence-corrected chi connectivity index (χ4v) is 4.82. The molecule has 2 unspecified atom stereocenters. The van der Waals surface area contributed by atoms with Gasteiger partial charge in [0, 0.05) is 26.2 Å². The molecule has 1 aromatic carbocycles. The molecule has 0 spiro atoms. The summed E-state index contributed by atoms with van der Waals surface area (Å²) in [7, 11) is 0. The molecule has 2 N–H and O–H groups in total. The number of rotatable bonds is 7. The van der Waals surface area contributed by atoms with E-state index in [0.29, 0.717) is 0 Å². The first kappa shape index (κ1) is 20.0. The van der Waals surface area contributed by atoms with Crippen molar-refractivity contribution >= 4 is 5.78 Å². The third-order valence-electron chi connectivity index (χ3n) is 6.50. The molecule has 1 aromatic rings. The fraction of sp³-hybridized carbons (Fsp3) is 0.682. The number of nitrogens with one attached hydrogen (secondary N) is 1. The summed E-state index contributed by atoms with van der Waals surface area (Å²) in [6.07, 6.45) is 5.95. The number of carbonyl (C=O) groups excluding carboxylic acids is 1. The standard InChI is InChI=1S/C22H33N3O3/c26-17-19(27)22(10-5-2-6-11-22)23-20-21(28-20)25-13-7-12-24(14-15-25)16-18-8-3-1-4-9-18/h1,3-4,8-9,20-21,23,26H,2,5-7,10-17H2. The van der Waals surface area contributed by atoms with Crippen LogP contribution in [-0.2, 0) is 16.1 Å². The molecule has 2 aliphatic heterocycles. The van der Waals surface area contributed by atoms with E-state index in [2.05, 4.69) is 45.4 Å². The first-order valence-electron chi connectivity index (χ1n) is 10.8. The van der Waals surface area contributed by atoms with Gasteiger partial charge < -0.3 is 9.84 Å². The highest BCUT2D eigenvalue weighted by Gasteiger charge is 2.50. The van der Waals surface area contributed by atoms with Gasteiger partial charge in [0.15, 0.2) is 18.2 Å². The molecule has 154 valence electrons. The van der Waals surface area contributed by atoms with Crippen molar-refractivity contribution in [2.24, 2.45) is 0 Å². The van der Waals surface area contributed by atoms with Crippen LogP contribution in [0.25, 0.3) is 0 Å². The van der Waals surface area contributed by atoms with Crippen LogP contribution in [-0.4, -0.2) is 71.5 Å². The monoisotopic (exact) mass is 387 g/mol. The van der Waals surface area contributed by atoms with Gasteiger partial charge in [-0.2, -0.15) is 0 Å². The lowest BCUT2D eigenvalue weighted by Crippen LogP contribution is -2.56. The Balaban J connectivity index is 1.29. The lowest BCUT2D eigenvalue weighted by molar-refractivity contribution is -0.130. The van der Waals surface area contributed by atoms with Gasteiger partial charge >= 0.3 is 0 Å². The Hall–Kier alpha value is -1.31. The van der Waals surface area contributed by atoms with Gasteiger partial charge in [-0.1, -0.05) is 49.6 Å². The lowest BCUT2D eigenvalue weighted by atomic mass is 9.78. The molecule has 0 radical (unpaired) electrons. The largest absolute Gasteiger partial charge is 0.389 e. The summed E-state index contributed by atoms with van der Waals surface area (Å²) < 4.78 is 5.95. The highest BCUT2D eigenvalue weighted by Crippen LogP contribution is 2.34. The average Bonchev–Trinajstić information content (AvgIpc) is 3.52. The summed E-state index contributed by atoms with van der Waals surface area (Å²) in [6.45, 7) is 4.75. The van der Waals surface area contributed by atoms with Crippen LogP contribution in [0.4, 0.5) is 0 Å². The Morgan fingerprint density at radius 1 is 1.07 bits per heavy atom. The highest BCUT2D eigenvalue weighted by molar-refractivity contribution is 5.89. The van der Waals surface area contributed by atoms with Gasteiger partial charge in [-0.05, 0) is 31.4 Å². The van der Waals surface area contributed by atoms with Gasteiger partial charge in [0.1, 0.15) is 6.61 Å². The normalized spacial score (nSPS) is 28.6. The van der Waals surface area contributed by atoms with Gasteiger partial charge in [-0.25, -0.2) is 0 Å². The number of ether oxygens (including phenoxy) is 1. The maximum absolute atomic E-state index is 12.4. The number of hydrogen-bond donors (Lipinski definition) is 2. The van der Waals surface area contributed by atoms with E-state index in [4.69, 9.17) is 4.74 Å². The van der Waals surface area contributed by atoms with E-state index in [1.807, 2.05) is 0 Å². The quantitative estimate of drug-likeness (QED) is 0.695. The zero-order valence-corrected chi connectivity index (χ0v) is 16.7. The van der Waals surface area contributed by atoms with E-state index in [9.17, 15) is 9.90 Å². The lowest BCUT2D eigenvalue weighted by Gasteiger charge is -2.36. The minimum absolute atomic E-state index is 0.0574. The van der Waals surface area contributed by atoms with Crippen molar-refractivity contribution in [1.29, 1.82) is 0 Å². The predicted molar refractivity (Wildman–Crippen MR) is 108 cm³/mol. The molecule has 6 nitrogen and oxygen atoms in total. The predicted octanol–water partition coefficient (Wildman–Crippen LogP) is 1.73. The molecular formula is C22H33N3O3. The van der Waals surface area contributed by atoms with Crippen molar-refractivity contribution < 1.29 is 14.6 Å². The molecule has 0 amide bonds. The second-order valence-electron chi connectivity index (χ2n) is 8.47. The molecular weight excluding hydrogens is 354 g/mol. The Labute approximate surface area is 167 Å². The summed E-state index contributed by atoms with van der Waals surface area (Å²) in [5, 5.41) is 12.9. The van der Waals surface area contributed by atoms with Crippen molar-refractivity contribution in [2.45, 2.75) is 63.1 Å². The third kappa shape index (κ3) is 4.63. The maximum Gasteiger partial charge on any atom is 0.178 e. The Morgan fingerprint density at radius 3 is 2.61 bits per heavy atom. The van der Waals surface area contributed by atoms with Crippen molar-refractivity contribution in [3.8, 4) is 0 Å². The average molecular weight is 388 g/mol. The first-order chi connectivity index (χ1) is 13.7. The Morgan fingerprint density at radius 2 is 1.86 bits per heavy atom. The van der Waals surface area contributed by atoms with Crippen LogP contribution >= 0.6 is 0 Å². The van der Waals surface area contributed by atoms with Crippen LogP contribution in [0.15, 0.2) is 30.3 Å². The van der Waals surface area contributed by atoms with E-state index in [0.717, 1.165) is 64.8 Å². The second-order valence-corrected chi connectivity index (χ2v) is 8.47. The summed E-state index contributed by atoms with van der Waals surface area (Å²) in [5.41, 5.74) is 0.775. The second kappa shape index (κ2) is 9.01. The first-order valence-corrected chi connectivity index (χ1v) is 10.8. The van der Waals surface area contributed by atoms with Gasteiger partial charge in [0.25, 0.3) is 0 Å². The number of Topliss-reactive ketones (excluding diaryl/α,β-unsaturated/α-hetero) is 1. The Bertz CT molecular complexity index is 648. The van der Waals surface area contributed by atoms with Gasteiger partial charge in [0.05, 0.1) is 5.54 Å². The summed E-state index contributed by atoms with van der Waals surface area (Å²) in [4.78, 5) is 17.3. The van der Waals surface area contributed by atoms with E-state index < -0.39 is 5.54 Å². The zero-order chi connectivity index (χ0) is 19.4. The SMILES string of the molecule is O=C(CO)C1(NC2OC2N2CCCN(Cc3ccccc3)CC2)CCCCC1. The minimum atomic E-state index is -0.586. The molecule has 0 aromatic heterocycles. The Kier molecular flexibility index (Phi) is 6.43. The molecule has 2 saturated heterocycles. The summed E-state index contributed by atoms with van der Waals surface area (Å²) in [6, 6.07) is 10.6. The molecule has 4 rings (SSSR count). The van der Waals surface area contributed by atoms with Gasteiger partial charge in [0.2, 0.25) is 0 Å². The maximum atomic E-state index is 12.4. The van der Waals surface area contributed by atoms with E-state index >= 15 is 0 Å². The van der Waals surface area contributed by atoms with E-state index in [1.165, 1.54) is 12.0 Å². The van der Waals surface area contributed by atoms with Crippen LogP contribution < -0.4 is 5.32 Å². The van der Waals surface area contributed by atoms with Crippen molar-refractivity contribution in [2.75, 3.05) is 32.8 Å². The van der Waals surface area contributed by atoms with Crippen molar-refractivity contribution in [3.63, 3.8) is 0 Å². The van der Waals surface area contributed by atoms with Crippen LogP contribution in [0.3, 0.4) is 0 Å². The van der Waals surface area contributed by atoms with Crippen molar-refractivity contribution in [3.05, 3.63) is 35.9 Å². The summed E-state index contributed by atoms with van der Waals surface area (Å²) in [5.74, 6) is -0.0775. The van der Waals surface area contributed by atoms with Crippen LogP contribution in [0.2, 0.25) is 0 Å². The van der Waals surface area contributed by atoms with E-state index in [1.54, 1.807) is 0 Å². The zero-order valence-electron chi connectivity index (χ0n) is 16.7. The van der Waals surface area contributed by atoms with E-state index in [-0.39, 0.29) is 24.8 Å². The summed E-state index contributed by atoms with van der Waals surface area (Å²) >= 11 is 0. The number of carbonyl (C=O) groups is 1. The third-order valence-corrected chi connectivity index (χ3v) is 6.50. The van der Waals surface area contributed by atoms with Crippen LogP contribution in [0.1, 0.15) is 44.1 Å². The smallest absolute Gasteiger partial charge is 0.178 e. The number of benzene rings is 1. The number of aliphatic hydroxyl groups excluding tert-OH is 1. The molecule has 6 heteroatoms. The topological polar surface area (TPSA) is 68.3 Å². The van der Waals surface area contributed by atoms with Crippen LogP contribution in [0.5, 0.6) is 0 Å². The number of hydrogen-bond acceptors (Lipinski definition) is 6. The number of nitrogens with zero attached hydrogens (tertiary/aromatic N) is 2. The molecule has 2 heterocycles. The minimum Gasteiger partial charge on any atom is -0.389 e. The molecule has 28 heavy (non-hydrogen) atoms. The molecule has 3 aliphatic rings. The number of epoxide rings is 1. The molecule has 1 saturated carbocycles. The fourth-order valence-electron chi connectivity index (χ4n) is 4.82. The molecule has 1 aliphatic carbocycles.